The summed E-state index contributed by atoms with van der Waals surface area (Å²) >= 11 is 0. The summed E-state index contributed by atoms with van der Waals surface area (Å²) in [5, 5.41) is 3.30. The third kappa shape index (κ3) is 5.96. The second kappa shape index (κ2) is 10.1. The van der Waals surface area contributed by atoms with Gasteiger partial charge in [-0.05, 0) is 24.6 Å². The Morgan fingerprint density at radius 3 is 2.70 bits per heavy atom. The molecule has 1 aromatic rings. The Morgan fingerprint density at radius 2 is 2.00 bits per heavy atom. The van der Waals surface area contributed by atoms with Crippen LogP contribution in [0.5, 0.6) is 11.5 Å². The molecule has 0 aliphatic rings. The van der Waals surface area contributed by atoms with Gasteiger partial charge in [0.25, 0.3) is 0 Å². The maximum absolute atomic E-state index is 5.72. The molecule has 0 aliphatic carbocycles. The van der Waals surface area contributed by atoms with Gasteiger partial charge in [0.05, 0.1) is 20.3 Å². The summed E-state index contributed by atoms with van der Waals surface area (Å²) in [6.07, 6.45) is 0.718. The van der Waals surface area contributed by atoms with E-state index in [4.69, 9.17) is 14.2 Å². The maximum Gasteiger partial charge on any atom is 0.161 e. The van der Waals surface area contributed by atoms with Gasteiger partial charge in [-0.15, -0.1) is 11.8 Å². The molecule has 0 aliphatic heterocycles. The first-order valence-electron chi connectivity index (χ1n) is 6.70. The Hall–Kier alpha value is -1.70. The molecule has 4 nitrogen and oxygen atoms in total. The van der Waals surface area contributed by atoms with Crippen LogP contribution in [0.4, 0.5) is 0 Å². The molecule has 1 N–H and O–H groups in total. The van der Waals surface area contributed by atoms with Crippen LogP contribution in [0.3, 0.4) is 0 Å². The number of hydrogen-bond donors (Lipinski definition) is 1. The van der Waals surface area contributed by atoms with Crippen molar-refractivity contribution in [1.29, 1.82) is 0 Å². The number of hydrogen-bond acceptors (Lipinski definition) is 4. The minimum Gasteiger partial charge on any atom is -0.493 e. The zero-order chi connectivity index (χ0) is 14.6. The lowest BCUT2D eigenvalue weighted by atomic mass is 10.2. The smallest absolute Gasteiger partial charge is 0.161 e. The number of ether oxygens (including phenoxy) is 3. The first-order valence-corrected chi connectivity index (χ1v) is 6.70. The third-order valence-electron chi connectivity index (χ3n) is 2.70. The van der Waals surface area contributed by atoms with Crippen LogP contribution in [-0.2, 0) is 11.3 Å². The molecule has 0 atom stereocenters. The normalized spacial score (nSPS) is 9.75. The van der Waals surface area contributed by atoms with Crippen LogP contribution in [-0.4, -0.2) is 34.0 Å². The van der Waals surface area contributed by atoms with Crippen molar-refractivity contribution in [3.8, 4) is 23.3 Å². The van der Waals surface area contributed by atoms with Gasteiger partial charge in [-0.25, -0.2) is 0 Å². The monoisotopic (exact) mass is 277 g/mol. The summed E-state index contributed by atoms with van der Waals surface area (Å²) in [4.78, 5) is 0. The largest absolute Gasteiger partial charge is 0.493 e. The molecule has 0 heterocycles. The second-order valence-corrected chi connectivity index (χ2v) is 4.18. The van der Waals surface area contributed by atoms with Gasteiger partial charge in [0.15, 0.2) is 11.5 Å². The van der Waals surface area contributed by atoms with Gasteiger partial charge in [0.1, 0.15) is 0 Å². The standard InChI is InChI=1S/C16H23NO3/c1-4-5-6-10-20-16-12-14(7-8-15(16)19-3)13-17-9-11-18-2/h7-8,12,17H,6,9-11,13H2,1-3H3. The van der Waals surface area contributed by atoms with Gasteiger partial charge >= 0.3 is 0 Å². The van der Waals surface area contributed by atoms with Gasteiger partial charge in [-0.1, -0.05) is 6.07 Å². The molecule has 0 saturated heterocycles. The Labute approximate surface area is 121 Å². The van der Waals surface area contributed by atoms with Crippen molar-refractivity contribution < 1.29 is 14.2 Å². The van der Waals surface area contributed by atoms with Crippen molar-refractivity contribution in [3.63, 3.8) is 0 Å². The molecule has 0 radical (unpaired) electrons. The molecule has 0 bridgehead atoms. The van der Waals surface area contributed by atoms with E-state index in [1.165, 1.54) is 0 Å². The lowest BCUT2D eigenvalue weighted by Gasteiger charge is -2.12. The Balaban J connectivity index is 2.57. The molecule has 0 unspecified atom stereocenters. The summed E-state index contributed by atoms with van der Waals surface area (Å²) in [5.41, 5.74) is 1.15. The van der Waals surface area contributed by atoms with E-state index in [1.807, 2.05) is 25.1 Å². The minimum absolute atomic E-state index is 0.567. The van der Waals surface area contributed by atoms with E-state index in [2.05, 4.69) is 17.2 Å². The van der Waals surface area contributed by atoms with Gasteiger partial charge < -0.3 is 19.5 Å². The number of nitrogens with one attached hydrogen (secondary N) is 1. The van der Waals surface area contributed by atoms with E-state index in [0.29, 0.717) is 13.2 Å². The molecule has 1 rings (SSSR count). The lowest BCUT2D eigenvalue weighted by molar-refractivity contribution is 0.199. The van der Waals surface area contributed by atoms with E-state index in [-0.39, 0.29) is 0 Å². The molecule has 1 aromatic carbocycles. The van der Waals surface area contributed by atoms with Gasteiger partial charge in [-0.3, -0.25) is 0 Å². The number of rotatable bonds is 9. The SMILES string of the molecule is CC#CCCOc1cc(CNCCOC)ccc1OC. The molecule has 0 aromatic heterocycles. The van der Waals surface area contributed by atoms with E-state index in [9.17, 15) is 0 Å². The van der Waals surface area contributed by atoms with Crippen molar-refractivity contribution in [1.82, 2.24) is 5.32 Å². The molecule has 0 spiro atoms. The Bertz CT molecular complexity index is 449. The summed E-state index contributed by atoms with van der Waals surface area (Å²) in [6.45, 7) is 4.70. The highest BCUT2D eigenvalue weighted by atomic mass is 16.5. The first kappa shape index (κ1) is 16.4. The minimum atomic E-state index is 0.567. The molecule has 0 amide bonds. The van der Waals surface area contributed by atoms with Gasteiger partial charge in [-0.2, -0.15) is 0 Å². The van der Waals surface area contributed by atoms with Crippen LogP contribution >= 0.6 is 0 Å². The molecule has 110 valence electrons. The van der Waals surface area contributed by atoms with Crippen molar-refractivity contribution in [2.24, 2.45) is 0 Å². The van der Waals surface area contributed by atoms with E-state index < -0.39 is 0 Å². The summed E-state index contributed by atoms with van der Waals surface area (Å²) < 4.78 is 16.0. The highest BCUT2D eigenvalue weighted by molar-refractivity contribution is 5.43. The first-order chi connectivity index (χ1) is 9.81. The molecule has 0 fully saturated rings. The van der Waals surface area contributed by atoms with Crippen molar-refractivity contribution in [2.45, 2.75) is 19.9 Å². The second-order valence-electron chi connectivity index (χ2n) is 4.18. The van der Waals surface area contributed by atoms with E-state index >= 15 is 0 Å². The van der Waals surface area contributed by atoms with Crippen LogP contribution in [0.1, 0.15) is 18.9 Å². The predicted molar refractivity (Wildman–Crippen MR) is 80.1 cm³/mol. The molecule has 20 heavy (non-hydrogen) atoms. The van der Waals surface area contributed by atoms with Crippen molar-refractivity contribution >= 4 is 0 Å². The van der Waals surface area contributed by atoms with E-state index in [1.54, 1.807) is 14.2 Å². The third-order valence-corrected chi connectivity index (χ3v) is 2.70. The van der Waals surface area contributed by atoms with Crippen LogP contribution in [0.15, 0.2) is 18.2 Å². The number of benzene rings is 1. The average molecular weight is 277 g/mol. The van der Waals surface area contributed by atoms with Gasteiger partial charge in [0, 0.05) is 26.6 Å². The van der Waals surface area contributed by atoms with Gasteiger partial charge in [0.2, 0.25) is 0 Å². The summed E-state index contributed by atoms with van der Waals surface area (Å²) in [5.74, 6) is 7.33. The van der Waals surface area contributed by atoms with E-state index in [0.717, 1.165) is 36.6 Å². The number of methoxy groups -OCH3 is 2. The Kier molecular flexibility index (Phi) is 8.28. The fourth-order valence-corrected chi connectivity index (χ4v) is 1.69. The molecular weight excluding hydrogens is 254 g/mol. The van der Waals surface area contributed by atoms with Crippen LogP contribution in [0.2, 0.25) is 0 Å². The molecule has 0 saturated carbocycles. The topological polar surface area (TPSA) is 39.7 Å². The zero-order valence-corrected chi connectivity index (χ0v) is 12.5. The molecule has 4 heteroatoms. The Morgan fingerprint density at radius 1 is 1.15 bits per heavy atom. The fraction of sp³-hybridized carbons (Fsp3) is 0.500. The quantitative estimate of drug-likeness (QED) is 0.555. The molecular formula is C16H23NO3. The maximum atomic E-state index is 5.72. The van der Waals surface area contributed by atoms with Crippen LogP contribution < -0.4 is 14.8 Å². The predicted octanol–water partition coefficient (Wildman–Crippen LogP) is 2.22. The van der Waals surface area contributed by atoms with Crippen LogP contribution in [0.25, 0.3) is 0 Å². The summed E-state index contributed by atoms with van der Waals surface area (Å²) in [6, 6.07) is 5.95. The lowest BCUT2D eigenvalue weighted by Crippen LogP contribution is -2.18. The highest BCUT2D eigenvalue weighted by Crippen LogP contribution is 2.28. The van der Waals surface area contributed by atoms with Crippen LogP contribution in [0, 0.1) is 11.8 Å². The zero-order valence-electron chi connectivity index (χ0n) is 12.5. The van der Waals surface area contributed by atoms with Crippen molar-refractivity contribution in [3.05, 3.63) is 23.8 Å². The average Bonchev–Trinajstić information content (AvgIpc) is 2.48. The summed E-state index contributed by atoms with van der Waals surface area (Å²) in [7, 11) is 3.34. The van der Waals surface area contributed by atoms with Crippen molar-refractivity contribution in [2.75, 3.05) is 34.0 Å². The highest BCUT2D eigenvalue weighted by Gasteiger charge is 2.05. The fourth-order valence-electron chi connectivity index (χ4n) is 1.69.